The van der Waals surface area contributed by atoms with E-state index in [1.54, 1.807) is 24.7 Å². The van der Waals surface area contributed by atoms with Crippen molar-refractivity contribution in [1.82, 2.24) is 9.38 Å². The number of rotatable bonds is 5. The molecule has 4 aromatic rings. The summed E-state index contributed by atoms with van der Waals surface area (Å²) in [6.45, 7) is 1.95. The van der Waals surface area contributed by atoms with E-state index in [9.17, 15) is 4.79 Å². The van der Waals surface area contributed by atoms with E-state index in [4.69, 9.17) is 5.26 Å². The maximum atomic E-state index is 13.1. The molecule has 0 amide bonds. The Balaban J connectivity index is 1.73. The third kappa shape index (κ3) is 3.30. The number of fused-ring (bicyclic) bond motifs is 1. The average molecular weight is 365 g/mol. The SMILES string of the molecule is CC(C(=O)Cc1ccc(C#N)cc1)c1c(-c2ccccc2)ccc2cncn12. The number of pyridine rings is 1. The highest BCUT2D eigenvalue weighted by molar-refractivity contribution is 5.89. The van der Waals surface area contributed by atoms with E-state index in [0.29, 0.717) is 12.0 Å². The first-order valence-corrected chi connectivity index (χ1v) is 9.19. The lowest BCUT2D eigenvalue weighted by Crippen LogP contribution is -2.16. The summed E-state index contributed by atoms with van der Waals surface area (Å²) in [5.41, 5.74) is 5.53. The van der Waals surface area contributed by atoms with Gasteiger partial charge in [0.1, 0.15) is 5.78 Å². The second-order valence-corrected chi connectivity index (χ2v) is 6.86. The number of nitrogens with zero attached hydrogens (tertiary/aromatic N) is 3. The Bertz CT molecular complexity index is 1170. The molecule has 0 radical (unpaired) electrons. The smallest absolute Gasteiger partial charge is 0.145 e. The Kier molecular flexibility index (Phi) is 4.74. The van der Waals surface area contributed by atoms with Crippen LogP contribution < -0.4 is 0 Å². The summed E-state index contributed by atoms with van der Waals surface area (Å²) >= 11 is 0. The van der Waals surface area contributed by atoms with Crippen LogP contribution in [0.4, 0.5) is 0 Å². The van der Waals surface area contributed by atoms with Crippen molar-refractivity contribution in [3.05, 3.63) is 96.1 Å². The Morgan fingerprint density at radius 1 is 1.07 bits per heavy atom. The molecule has 1 unspecified atom stereocenters. The van der Waals surface area contributed by atoms with Gasteiger partial charge in [-0.05, 0) is 36.2 Å². The third-order valence-electron chi connectivity index (χ3n) is 5.06. The summed E-state index contributed by atoms with van der Waals surface area (Å²) in [7, 11) is 0. The van der Waals surface area contributed by atoms with Crippen molar-refractivity contribution in [2.24, 2.45) is 0 Å². The first-order valence-electron chi connectivity index (χ1n) is 9.19. The van der Waals surface area contributed by atoms with Crippen LogP contribution in [-0.2, 0) is 11.2 Å². The van der Waals surface area contributed by atoms with E-state index >= 15 is 0 Å². The summed E-state index contributed by atoms with van der Waals surface area (Å²) in [4.78, 5) is 17.4. The van der Waals surface area contributed by atoms with Gasteiger partial charge in [-0.3, -0.25) is 4.79 Å². The molecule has 4 heteroatoms. The molecule has 0 saturated heterocycles. The van der Waals surface area contributed by atoms with Crippen molar-refractivity contribution >= 4 is 11.3 Å². The zero-order valence-corrected chi connectivity index (χ0v) is 15.5. The highest BCUT2D eigenvalue weighted by Crippen LogP contribution is 2.31. The van der Waals surface area contributed by atoms with Crippen molar-refractivity contribution < 1.29 is 4.79 Å². The Morgan fingerprint density at radius 2 is 1.82 bits per heavy atom. The number of carbonyl (C=O) groups is 1. The van der Waals surface area contributed by atoms with E-state index in [2.05, 4.69) is 29.3 Å². The normalized spacial score (nSPS) is 11.9. The largest absolute Gasteiger partial charge is 0.302 e. The quantitative estimate of drug-likeness (QED) is 0.511. The van der Waals surface area contributed by atoms with Gasteiger partial charge >= 0.3 is 0 Å². The van der Waals surface area contributed by atoms with Crippen molar-refractivity contribution in [2.45, 2.75) is 19.3 Å². The summed E-state index contributed by atoms with van der Waals surface area (Å²) < 4.78 is 2.00. The van der Waals surface area contributed by atoms with Gasteiger partial charge in [-0.25, -0.2) is 4.98 Å². The molecule has 0 aliphatic rings. The number of ketones is 1. The van der Waals surface area contributed by atoms with E-state index in [1.807, 2.05) is 47.7 Å². The number of hydrogen-bond donors (Lipinski definition) is 0. The molecule has 0 saturated carbocycles. The summed E-state index contributed by atoms with van der Waals surface area (Å²) in [6, 6.07) is 23.5. The van der Waals surface area contributed by atoms with Gasteiger partial charge in [-0.1, -0.05) is 48.5 Å². The molecule has 2 aromatic carbocycles. The Morgan fingerprint density at radius 3 is 2.54 bits per heavy atom. The topological polar surface area (TPSA) is 58.2 Å². The first kappa shape index (κ1) is 17.7. The van der Waals surface area contributed by atoms with Gasteiger partial charge in [0.05, 0.1) is 35.6 Å². The zero-order valence-electron chi connectivity index (χ0n) is 15.5. The molecule has 4 nitrogen and oxygen atoms in total. The number of Topliss-reactive ketones (excluding diaryl/α,β-unsaturated/α-hetero) is 1. The molecule has 0 fully saturated rings. The van der Waals surface area contributed by atoms with Crippen LogP contribution in [0.25, 0.3) is 16.6 Å². The fourth-order valence-corrected chi connectivity index (χ4v) is 3.52. The second kappa shape index (κ2) is 7.50. The van der Waals surface area contributed by atoms with Crippen LogP contribution >= 0.6 is 0 Å². The maximum Gasteiger partial charge on any atom is 0.145 e. The second-order valence-electron chi connectivity index (χ2n) is 6.86. The van der Waals surface area contributed by atoms with Crippen LogP contribution in [0.5, 0.6) is 0 Å². The maximum absolute atomic E-state index is 13.1. The molecule has 4 rings (SSSR count). The van der Waals surface area contributed by atoms with Crippen LogP contribution in [0.15, 0.2) is 79.3 Å². The van der Waals surface area contributed by atoms with Gasteiger partial charge in [0.15, 0.2) is 0 Å². The molecular weight excluding hydrogens is 346 g/mol. The van der Waals surface area contributed by atoms with Gasteiger partial charge in [-0.15, -0.1) is 0 Å². The number of carbonyl (C=O) groups excluding carboxylic acids is 1. The molecule has 0 spiro atoms. The molecule has 0 N–H and O–H groups in total. The van der Waals surface area contributed by atoms with Crippen LogP contribution in [0.2, 0.25) is 0 Å². The van der Waals surface area contributed by atoms with E-state index in [-0.39, 0.29) is 11.7 Å². The molecule has 2 heterocycles. The monoisotopic (exact) mass is 365 g/mol. The molecule has 2 aromatic heterocycles. The molecule has 136 valence electrons. The Hall–Kier alpha value is -3.71. The summed E-state index contributed by atoms with van der Waals surface area (Å²) in [5.74, 6) is -0.174. The molecule has 0 aliphatic heterocycles. The van der Waals surface area contributed by atoms with Crippen molar-refractivity contribution in [1.29, 1.82) is 5.26 Å². The molecule has 0 bridgehead atoms. The van der Waals surface area contributed by atoms with Crippen LogP contribution in [0.3, 0.4) is 0 Å². The van der Waals surface area contributed by atoms with Crippen molar-refractivity contribution in [2.75, 3.05) is 0 Å². The number of nitriles is 1. The summed E-state index contributed by atoms with van der Waals surface area (Å²) in [6.07, 6.45) is 3.89. The van der Waals surface area contributed by atoms with Gasteiger partial charge in [0, 0.05) is 17.7 Å². The lowest BCUT2D eigenvalue weighted by Gasteiger charge is -2.18. The predicted molar refractivity (Wildman–Crippen MR) is 109 cm³/mol. The van der Waals surface area contributed by atoms with Crippen molar-refractivity contribution in [3.63, 3.8) is 0 Å². The third-order valence-corrected chi connectivity index (χ3v) is 5.06. The fraction of sp³-hybridized carbons (Fsp3) is 0.125. The number of imidazole rings is 1. The molecule has 28 heavy (non-hydrogen) atoms. The van der Waals surface area contributed by atoms with Gasteiger partial charge in [0.2, 0.25) is 0 Å². The standard InChI is InChI=1S/C24H19N3O/c1-17(23(28)13-18-7-9-19(14-25)10-8-18)24-22(20-5-3-2-4-6-20)12-11-21-15-26-16-27(21)24/h2-12,15-17H,13H2,1H3. The van der Waals surface area contributed by atoms with Crippen LogP contribution in [0, 0.1) is 11.3 Å². The molecule has 0 aliphatic carbocycles. The van der Waals surface area contributed by atoms with Crippen LogP contribution in [-0.4, -0.2) is 15.2 Å². The van der Waals surface area contributed by atoms with Gasteiger partial charge in [-0.2, -0.15) is 5.26 Å². The van der Waals surface area contributed by atoms with E-state index < -0.39 is 0 Å². The fourth-order valence-electron chi connectivity index (χ4n) is 3.52. The summed E-state index contributed by atoms with van der Waals surface area (Å²) in [5, 5.41) is 8.94. The average Bonchev–Trinajstić information content (AvgIpc) is 3.22. The minimum absolute atomic E-state index is 0.128. The number of hydrogen-bond acceptors (Lipinski definition) is 3. The lowest BCUT2D eigenvalue weighted by molar-refractivity contribution is -0.119. The zero-order chi connectivity index (χ0) is 19.5. The minimum atomic E-state index is -0.302. The minimum Gasteiger partial charge on any atom is -0.302 e. The Labute approximate surface area is 163 Å². The van der Waals surface area contributed by atoms with Gasteiger partial charge in [0.25, 0.3) is 0 Å². The van der Waals surface area contributed by atoms with Crippen LogP contribution in [0.1, 0.15) is 29.7 Å². The van der Waals surface area contributed by atoms with Gasteiger partial charge < -0.3 is 4.40 Å². The number of aromatic nitrogens is 2. The first-order chi connectivity index (χ1) is 13.7. The van der Waals surface area contributed by atoms with E-state index in [1.165, 1.54) is 0 Å². The highest BCUT2D eigenvalue weighted by atomic mass is 16.1. The highest BCUT2D eigenvalue weighted by Gasteiger charge is 2.22. The predicted octanol–water partition coefficient (Wildman–Crippen LogP) is 4.79. The number of benzene rings is 2. The molecule has 1 atom stereocenters. The van der Waals surface area contributed by atoms with Crippen molar-refractivity contribution in [3.8, 4) is 17.2 Å². The molecular formula is C24H19N3O. The lowest BCUT2D eigenvalue weighted by atomic mass is 9.90. The van der Waals surface area contributed by atoms with E-state index in [0.717, 1.165) is 27.9 Å².